The van der Waals surface area contributed by atoms with E-state index < -0.39 is 0 Å². The molecule has 0 atom stereocenters. The third kappa shape index (κ3) is 3.89. The smallest absolute Gasteiger partial charge is 0.226 e. The van der Waals surface area contributed by atoms with Gasteiger partial charge in [0.15, 0.2) is 0 Å². The lowest BCUT2D eigenvalue weighted by atomic mass is 10.1. The van der Waals surface area contributed by atoms with Crippen molar-refractivity contribution in [2.75, 3.05) is 6.54 Å². The van der Waals surface area contributed by atoms with E-state index in [9.17, 15) is 4.79 Å². The summed E-state index contributed by atoms with van der Waals surface area (Å²) in [6, 6.07) is 7.91. The maximum atomic E-state index is 12.1. The molecule has 0 saturated heterocycles. The number of thiazole rings is 1. The van der Waals surface area contributed by atoms with Gasteiger partial charge in [0.2, 0.25) is 11.8 Å². The third-order valence-corrected chi connectivity index (χ3v) is 4.42. The zero-order chi connectivity index (χ0) is 16.9. The molecule has 2 aromatic heterocycles. The molecule has 2 heterocycles. The Kier molecular flexibility index (Phi) is 5.05. The van der Waals surface area contributed by atoms with E-state index >= 15 is 0 Å². The lowest BCUT2D eigenvalue weighted by Gasteiger charge is -2.02. The zero-order valence-corrected chi connectivity index (χ0v) is 14.5. The average molecular weight is 341 g/mol. The number of rotatable bonds is 6. The van der Waals surface area contributed by atoms with Crippen molar-refractivity contribution in [1.29, 1.82) is 0 Å². The summed E-state index contributed by atoms with van der Waals surface area (Å²) >= 11 is 1.56. The molecule has 3 rings (SSSR count). The minimum absolute atomic E-state index is 0.0574. The molecule has 1 N–H and O–H groups in total. The predicted molar refractivity (Wildman–Crippen MR) is 93.9 cm³/mol. The van der Waals surface area contributed by atoms with Crippen LogP contribution in [0.1, 0.15) is 22.7 Å². The molecule has 0 aliphatic heterocycles. The van der Waals surface area contributed by atoms with E-state index in [1.807, 2.05) is 43.5 Å². The Labute approximate surface area is 144 Å². The second kappa shape index (κ2) is 7.40. The first-order valence-corrected chi connectivity index (χ1v) is 8.74. The number of benzene rings is 1. The molecule has 0 fully saturated rings. The molecule has 0 aliphatic rings. The Hall–Kier alpha value is -2.47. The Bertz CT molecular complexity index is 825. The topological polar surface area (TPSA) is 68.0 Å². The summed E-state index contributed by atoms with van der Waals surface area (Å²) in [5.41, 5.74) is 5.52. The van der Waals surface area contributed by atoms with Gasteiger partial charge in [-0.2, -0.15) is 0 Å². The quantitative estimate of drug-likeness (QED) is 0.747. The van der Waals surface area contributed by atoms with Crippen molar-refractivity contribution < 1.29 is 9.21 Å². The number of nitrogens with one attached hydrogen (secondary N) is 1. The molecule has 124 valence electrons. The van der Waals surface area contributed by atoms with Gasteiger partial charge in [-0.05, 0) is 25.5 Å². The number of carbonyl (C=O) groups is 1. The van der Waals surface area contributed by atoms with Crippen LogP contribution in [0.3, 0.4) is 0 Å². The molecular weight excluding hydrogens is 322 g/mol. The van der Waals surface area contributed by atoms with E-state index in [-0.39, 0.29) is 12.3 Å². The van der Waals surface area contributed by atoms with Gasteiger partial charge in [0, 0.05) is 23.9 Å². The second-order valence-electron chi connectivity index (χ2n) is 5.59. The lowest BCUT2D eigenvalue weighted by Crippen LogP contribution is -2.27. The molecule has 6 heteroatoms. The predicted octanol–water partition coefficient (Wildman–Crippen LogP) is 3.32. The summed E-state index contributed by atoms with van der Waals surface area (Å²) in [5, 5.41) is 4.89. The highest BCUT2D eigenvalue weighted by Crippen LogP contribution is 2.24. The largest absolute Gasteiger partial charge is 0.441 e. The molecule has 1 amide bonds. The first-order valence-electron chi connectivity index (χ1n) is 7.79. The van der Waals surface area contributed by atoms with E-state index in [1.54, 1.807) is 16.8 Å². The van der Waals surface area contributed by atoms with E-state index in [0.29, 0.717) is 23.9 Å². The number of amides is 1. The Morgan fingerprint density at radius 2 is 2.12 bits per heavy atom. The van der Waals surface area contributed by atoms with Gasteiger partial charge in [0.25, 0.3) is 0 Å². The number of oxazole rings is 1. The summed E-state index contributed by atoms with van der Waals surface area (Å²) in [7, 11) is 0. The van der Waals surface area contributed by atoms with E-state index in [0.717, 1.165) is 23.2 Å². The lowest BCUT2D eigenvalue weighted by molar-refractivity contribution is -0.120. The Balaban J connectivity index is 1.61. The maximum absolute atomic E-state index is 12.1. The Morgan fingerprint density at radius 1 is 1.29 bits per heavy atom. The maximum Gasteiger partial charge on any atom is 0.226 e. The molecule has 3 aromatic rings. The average Bonchev–Trinajstić information content (AvgIpc) is 3.18. The fourth-order valence-electron chi connectivity index (χ4n) is 2.43. The fourth-order valence-corrected chi connectivity index (χ4v) is 3.02. The zero-order valence-electron chi connectivity index (χ0n) is 13.7. The fraction of sp³-hybridized carbons (Fsp3) is 0.278. The van der Waals surface area contributed by atoms with Crippen molar-refractivity contribution in [2.45, 2.75) is 26.7 Å². The molecule has 0 unspecified atom stereocenters. The number of aryl methyl sites for hydroxylation is 2. The number of nitrogens with zero attached hydrogens (tertiary/aromatic N) is 2. The van der Waals surface area contributed by atoms with Crippen molar-refractivity contribution >= 4 is 17.2 Å². The highest BCUT2D eigenvalue weighted by atomic mass is 32.1. The Morgan fingerprint density at radius 3 is 2.88 bits per heavy atom. The first-order chi connectivity index (χ1) is 11.6. The highest BCUT2D eigenvalue weighted by Gasteiger charge is 2.15. The van der Waals surface area contributed by atoms with Crippen molar-refractivity contribution in [2.24, 2.45) is 0 Å². The van der Waals surface area contributed by atoms with Crippen LogP contribution in [0, 0.1) is 13.8 Å². The summed E-state index contributed by atoms with van der Waals surface area (Å²) in [5.74, 6) is 1.19. The number of hydrogen-bond acceptors (Lipinski definition) is 5. The van der Waals surface area contributed by atoms with Crippen molar-refractivity contribution in [1.82, 2.24) is 15.3 Å². The summed E-state index contributed by atoms with van der Waals surface area (Å²) in [6.07, 6.45) is 0.958. The monoisotopic (exact) mass is 341 g/mol. The molecule has 1 aromatic carbocycles. The van der Waals surface area contributed by atoms with Crippen LogP contribution in [-0.2, 0) is 17.6 Å². The molecule has 5 nitrogen and oxygen atoms in total. The van der Waals surface area contributed by atoms with Gasteiger partial charge in [-0.1, -0.05) is 18.2 Å². The molecular formula is C18H19N3O2S. The number of hydrogen-bond donors (Lipinski definition) is 1. The van der Waals surface area contributed by atoms with Crippen LogP contribution in [0.5, 0.6) is 0 Å². The SMILES string of the molecule is Cc1ccccc1-c1nc(CC(=O)NCCc2cscn2)c(C)o1. The van der Waals surface area contributed by atoms with Crippen molar-refractivity contribution in [3.05, 3.63) is 57.9 Å². The molecule has 0 aliphatic carbocycles. The second-order valence-corrected chi connectivity index (χ2v) is 6.31. The van der Waals surface area contributed by atoms with E-state index in [4.69, 9.17) is 4.42 Å². The van der Waals surface area contributed by atoms with Gasteiger partial charge in [0.1, 0.15) is 5.76 Å². The minimum atomic E-state index is -0.0574. The van der Waals surface area contributed by atoms with Crippen molar-refractivity contribution in [3.8, 4) is 11.5 Å². The van der Waals surface area contributed by atoms with Gasteiger partial charge < -0.3 is 9.73 Å². The summed E-state index contributed by atoms with van der Waals surface area (Å²) < 4.78 is 5.75. The standard InChI is InChI=1S/C18H19N3O2S/c1-12-5-3-4-6-15(12)18-21-16(13(2)23-18)9-17(22)19-8-7-14-10-24-11-20-14/h3-6,10-11H,7-9H2,1-2H3,(H,19,22). The summed E-state index contributed by atoms with van der Waals surface area (Å²) in [4.78, 5) is 20.8. The third-order valence-electron chi connectivity index (χ3n) is 3.78. The van der Waals surface area contributed by atoms with Crippen LogP contribution in [0.15, 0.2) is 39.6 Å². The normalized spacial score (nSPS) is 10.8. The van der Waals surface area contributed by atoms with Gasteiger partial charge >= 0.3 is 0 Å². The van der Waals surface area contributed by atoms with Gasteiger partial charge in [-0.25, -0.2) is 9.97 Å². The molecule has 0 spiro atoms. The van der Waals surface area contributed by atoms with Crippen LogP contribution in [0.4, 0.5) is 0 Å². The molecule has 0 bridgehead atoms. The molecule has 0 radical (unpaired) electrons. The van der Waals surface area contributed by atoms with E-state index in [2.05, 4.69) is 15.3 Å². The molecule has 24 heavy (non-hydrogen) atoms. The molecule has 0 saturated carbocycles. The van der Waals surface area contributed by atoms with Gasteiger partial charge in [0.05, 0.1) is 23.3 Å². The van der Waals surface area contributed by atoms with E-state index in [1.165, 1.54) is 0 Å². The number of aromatic nitrogens is 2. The van der Waals surface area contributed by atoms with Crippen LogP contribution < -0.4 is 5.32 Å². The van der Waals surface area contributed by atoms with Gasteiger partial charge in [-0.15, -0.1) is 11.3 Å². The first kappa shape index (κ1) is 16.4. The minimum Gasteiger partial charge on any atom is -0.441 e. The van der Waals surface area contributed by atoms with Crippen molar-refractivity contribution in [3.63, 3.8) is 0 Å². The van der Waals surface area contributed by atoms with Crippen LogP contribution in [0.2, 0.25) is 0 Å². The van der Waals surface area contributed by atoms with Crippen LogP contribution in [-0.4, -0.2) is 22.4 Å². The highest BCUT2D eigenvalue weighted by molar-refractivity contribution is 7.07. The van der Waals surface area contributed by atoms with Gasteiger partial charge in [-0.3, -0.25) is 4.79 Å². The van der Waals surface area contributed by atoms with Crippen LogP contribution in [0.25, 0.3) is 11.5 Å². The number of carbonyl (C=O) groups excluding carboxylic acids is 1. The summed E-state index contributed by atoms with van der Waals surface area (Å²) in [6.45, 7) is 4.43. The van der Waals surface area contributed by atoms with Crippen LogP contribution >= 0.6 is 11.3 Å².